The van der Waals surface area contributed by atoms with Crippen molar-refractivity contribution in [3.05, 3.63) is 36.0 Å². The Morgan fingerprint density at radius 3 is 3.00 bits per heavy atom. The highest BCUT2D eigenvalue weighted by atomic mass is 32.2. The number of fused-ring (bicyclic) bond motifs is 1. The maximum absolute atomic E-state index is 13.7. The highest BCUT2D eigenvalue weighted by Gasteiger charge is 2.15. The Hall–Kier alpha value is -1.36. The van der Waals surface area contributed by atoms with Crippen LogP contribution in [0.3, 0.4) is 0 Å². The second kappa shape index (κ2) is 5.33. The molecule has 3 rings (SSSR count). The Labute approximate surface area is 114 Å². The number of thioether (sulfide) groups is 1. The van der Waals surface area contributed by atoms with E-state index in [1.807, 2.05) is 11.8 Å². The molecule has 0 saturated carbocycles. The third-order valence-corrected chi connectivity index (χ3v) is 4.50. The van der Waals surface area contributed by atoms with Crippen molar-refractivity contribution in [3.8, 4) is 0 Å². The molecular formula is C14H14F2N2S. The van der Waals surface area contributed by atoms with Gasteiger partial charge in [-0.1, -0.05) is 0 Å². The number of aromatic nitrogens is 1. The van der Waals surface area contributed by atoms with E-state index in [1.54, 1.807) is 12.3 Å². The molecule has 0 bridgehead atoms. The van der Waals surface area contributed by atoms with E-state index in [1.165, 1.54) is 18.2 Å². The first-order valence-electron chi connectivity index (χ1n) is 6.32. The zero-order valence-electron chi connectivity index (χ0n) is 10.3. The molecule has 1 saturated heterocycles. The Morgan fingerprint density at radius 1 is 1.32 bits per heavy atom. The van der Waals surface area contributed by atoms with Crippen LogP contribution in [0, 0.1) is 11.6 Å². The SMILES string of the molecule is Fc1cc(F)c2nccc(NC3CCCSC3)c2c1. The van der Waals surface area contributed by atoms with Crippen molar-refractivity contribution >= 4 is 28.4 Å². The predicted octanol–water partition coefficient (Wildman–Crippen LogP) is 3.82. The van der Waals surface area contributed by atoms with Crippen LogP contribution in [0.5, 0.6) is 0 Å². The van der Waals surface area contributed by atoms with Crippen LogP contribution in [0.4, 0.5) is 14.5 Å². The van der Waals surface area contributed by atoms with Gasteiger partial charge in [-0.2, -0.15) is 11.8 Å². The lowest BCUT2D eigenvalue weighted by atomic mass is 10.1. The molecule has 1 unspecified atom stereocenters. The van der Waals surface area contributed by atoms with Crippen molar-refractivity contribution in [2.75, 3.05) is 16.8 Å². The quantitative estimate of drug-likeness (QED) is 0.905. The minimum atomic E-state index is -0.614. The van der Waals surface area contributed by atoms with Crippen molar-refractivity contribution in [3.63, 3.8) is 0 Å². The fourth-order valence-electron chi connectivity index (χ4n) is 2.38. The van der Waals surface area contributed by atoms with Crippen LogP contribution in [-0.2, 0) is 0 Å². The van der Waals surface area contributed by atoms with Crippen molar-refractivity contribution in [2.24, 2.45) is 0 Å². The van der Waals surface area contributed by atoms with Gasteiger partial charge >= 0.3 is 0 Å². The molecule has 2 heterocycles. The van der Waals surface area contributed by atoms with Gasteiger partial charge in [0.15, 0.2) is 5.82 Å². The minimum Gasteiger partial charge on any atom is -0.381 e. The van der Waals surface area contributed by atoms with Gasteiger partial charge in [-0.25, -0.2) is 8.78 Å². The van der Waals surface area contributed by atoms with Crippen LogP contribution >= 0.6 is 11.8 Å². The van der Waals surface area contributed by atoms with Gasteiger partial charge in [0.05, 0.1) is 0 Å². The molecule has 2 aromatic rings. The molecule has 1 atom stereocenters. The van der Waals surface area contributed by atoms with Gasteiger partial charge < -0.3 is 5.32 Å². The number of halogens is 2. The van der Waals surface area contributed by atoms with Gasteiger partial charge in [0, 0.05) is 35.1 Å². The highest BCUT2D eigenvalue weighted by molar-refractivity contribution is 7.99. The number of hydrogen-bond acceptors (Lipinski definition) is 3. The first-order valence-corrected chi connectivity index (χ1v) is 7.47. The molecule has 2 nitrogen and oxygen atoms in total. The van der Waals surface area contributed by atoms with Gasteiger partial charge in [-0.05, 0) is 30.7 Å². The number of rotatable bonds is 2. The van der Waals surface area contributed by atoms with Crippen molar-refractivity contribution in [1.82, 2.24) is 4.98 Å². The molecule has 1 aromatic heterocycles. The summed E-state index contributed by atoms with van der Waals surface area (Å²) in [6, 6.07) is 4.34. The summed E-state index contributed by atoms with van der Waals surface area (Å²) in [7, 11) is 0. The minimum absolute atomic E-state index is 0.217. The lowest BCUT2D eigenvalue weighted by Crippen LogP contribution is -2.25. The molecule has 19 heavy (non-hydrogen) atoms. The molecule has 0 spiro atoms. The van der Waals surface area contributed by atoms with Gasteiger partial charge in [-0.15, -0.1) is 0 Å². The summed E-state index contributed by atoms with van der Waals surface area (Å²) < 4.78 is 27.0. The lowest BCUT2D eigenvalue weighted by Gasteiger charge is -2.24. The smallest absolute Gasteiger partial charge is 0.152 e. The molecule has 1 aromatic carbocycles. The fraction of sp³-hybridized carbons (Fsp3) is 0.357. The average molecular weight is 280 g/mol. The van der Waals surface area contributed by atoms with E-state index in [4.69, 9.17) is 0 Å². The number of pyridine rings is 1. The summed E-state index contributed by atoms with van der Waals surface area (Å²) in [5.41, 5.74) is 0.978. The Kier molecular flexibility index (Phi) is 3.55. The molecule has 1 N–H and O–H groups in total. The first-order chi connectivity index (χ1) is 9.24. The third kappa shape index (κ3) is 2.66. The summed E-state index contributed by atoms with van der Waals surface area (Å²) in [5, 5.41) is 3.89. The van der Waals surface area contributed by atoms with Crippen LogP contribution in [0.25, 0.3) is 10.9 Å². The molecule has 0 amide bonds. The predicted molar refractivity (Wildman–Crippen MR) is 75.6 cm³/mol. The fourth-order valence-corrected chi connectivity index (χ4v) is 3.45. The van der Waals surface area contributed by atoms with E-state index in [2.05, 4.69) is 10.3 Å². The Balaban J connectivity index is 1.98. The van der Waals surface area contributed by atoms with E-state index in [9.17, 15) is 8.78 Å². The van der Waals surface area contributed by atoms with Gasteiger partial charge in [0.25, 0.3) is 0 Å². The highest BCUT2D eigenvalue weighted by Crippen LogP contribution is 2.27. The van der Waals surface area contributed by atoms with Gasteiger partial charge in [0.2, 0.25) is 0 Å². The standard InChI is InChI=1S/C14H14F2N2S/c15-9-6-11-13(18-10-2-1-5-19-8-10)3-4-17-14(11)12(16)7-9/h3-4,6-7,10H,1-2,5,8H2,(H,17,18). The van der Waals surface area contributed by atoms with Crippen molar-refractivity contribution in [2.45, 2.75) is 18.9 Å². The van der Waals surface area contributed by atoms with E-state index < -0.39 is 11.6 Å². The lowest BCUT2D eigenvalue weighted by molar-refractivity contribution is 0.590. The van der Waals surface area contributed by atoms with E-state index >= 15 is 0 Å². The summed E-state index contributed by atoms with van der Waals surface area (Å²) in [6.45, 7) is 0. The second-order valence-corrected chi connectivity index (χ2v) is 5.85. The van der Waals surface area contributed by atoms with E-state index in [-0.39, 0.29) is 5.52 Å². The molecule has 100 valence electrons. The summed E-state index contributed by atoms with van der Waals surface area (Å²) in [4.78, 5) is 3.99. The number of hydrogen-bond donors (Lipinski definition) is 1. The summed E-state index contributed by atoms with van der Waals surface area (Å²) >= 11 is 1.91. The number of nitrogens with zero attached hydrogens (tertiary/aromatic N) is 1. The second-order valence-electron chi connectivity index (χ2n) is 4.70. The monoisotopic (exact) mass is 280 g/mol. The zero-order chi connectivity index (χ0) is 13.2. The van der Waals surface area contributed by atoms with Gasteiger partial charge in [0.1, 0.15) is 11.3 Å². The Morgan fingerprint density at radius 2 is 2.21 bits per heavy atom. The largest absolute Gasteiger partial charge is 0.381 e. The first kappa shape index (κ1) is 12.7. The van der Waals surface area contributed by atoms with E-state index in [0.717, 1.165) is 23.9 Å². The maximum Gasteiger partial charge on any atom is 0.152 e. The molecule has 1 fully saturated rings. The zero-order valence-corrected chi connectivity index (χ0v) is 11.1. The molecular weight excluding hydrogens is 266 g/mol. The third-order valence-electron chi connectivity index (χ3n) is 3.28. The normalized spacial score (nSPS) is 19.6. The summed E-state index contributed by atoms with van der Waals surface area (Å²) in [5.74, 6) is 1.04. The van der Waals surface area contributed by atoms with Crippen molar-refractivity contribution in [1.29, 1.82) is 0 Å². The molecule has 0 radical (unpaired) electrons. The average Bonchev–Trinajstić information content (AvgIpc) is 2.41. The van der Waals surface area contributed by atoms with Crippen molar-refractivity contribution < 1.29 is 8.78 Å². The topological polar surface area (TPSA) is 24.9 Å². The van der Waals surface area contributed by atoms with Crippen LogP contribution in [-0.4, -0.2) is 22.5 Å². The number of anilines is 1. The van der Waals surface area contributed by atoms with E-state index in [0.29, 0.717) is 11.4 Å². The maximum atomic E-state index is 13.7. The molecule has 1 aliphatic rings. The Bertz CT molecular complexity index is 597. The number of benzene rings is 1. The summed E-state index contributed by atoms with van der Waals surface area (Å²) in [6.07, 6.45) is 3.82. The van der Waals surface area contributed by atoms with Crippen LogP contribution in [0.1, 0.15) is 12.8 Å². The molecule has 1 aliphatic heterocycles. The number of nitrogens with one attached hydrogen (secondary N) is 1. The van der Waals surface area contributed by atoms with Crippen LogP contribution < -0.4 is 5.32 Å². The molecule has 0 aliphatic carbocycles. The van der Waals surface area contributed by atoms with Gasteiger partial charge in [-0.3, -0.25) is 4.98 Å². The van der Waals surface area contributed by atoms with Crippen LogP contribution in [0.2, 0.25) is 0 Å². The van der Waals surface area contributed by atoms with Crippen LogP contribution in [0.15, 0.2) is 24.4 Å². The molecule has 5 heteroatoms.